The Kier molecular flexibility index (Phi) is 3.62. The van der Waals surface area contributed by atoms with Gasteiger partial charge in [-0.3, -0.25) is 0 Å². The molecule has 0 aliphatic heterocycles. The topological polar surface area (TPSA) is 35.2 Å². The Morgan fingerprint density at radius 2 is 1.72 bits per heavy atom. The molecular formula is C15H16BrNO. The molecular weight excluding hydrogens is 290 g/mol. The Morgan fingerprint density at radius 1 is 1.00 bits per heavy atom. The summed E-state index contributed by atoms with van der Waals surface area (Å²) in [7, 11) is 0. The summed E-state index contributed by atoms with van der Waals surface area (Å²) in [6, 6.07) is 9.81. The third-order valence-corrected chi connectivity index (χ3v) is 3.45. The van der Waals surface area contributed by atoms with Crippen molar-refractivity contribution in [3.8, 4) is 11.5 Å². The molecule has 0 spiro atoms. The number of nitrogen functional groups attached to an aromatic ring is 1. The number of ether oxygens (including phenoxy) is 1. The second-order valence-electron chi connectivity index (χ2n) is 4.49. The fourth-order valence-electron chi connectivity index (χ4n) is 1.84. The molecule has 0 saturated carbocycles. The molecule has 0 unspecified atom stereocenters. The number of hydrogen-bond acceptors (Lipinski definition) is 2. The summed E-state index contributed by atoms with van der Waals surface area (Å²) < 4.78 is 6.86. The molecule has 0 saturated heterocycles. The fraction of sp³-hybridized carbons (Fsp3) is 0.200. The summed E-state index contributed by atoms with van der Waals surface area (Å²) >= 11 is 3.38. The maximum absolute atomic E-state index is 5.94. The number of rotatable bonds is 2. The highest BCUT2D eigenvalue weighted by Crippen LogP contribution is 2.33. The van der Waals surface area contributed by atoms with E-state index in [2.05, 4.69) is 42.8 Å². The van der Waals surface area contributed by atoms with Crippen LogP contribution in [0.2, 0.25) is 0 Å². The molecule has 0 bridgehead atoms. The molecule has 0 radical (unpaired) electrons. The number of aryl methyl sites for hydroxylation is 2. The predicted octanol–water partition coefficient (Wildman–Crippen LogP) is 4.75. The summed E-state index contributed by atoms with van der Waals surface area (Å²) in [6.07, 6.45) is 0. The average molecular weight is 306 g/mol. The summed E-state index contributed by atoms with van der Waals surface area (Å²) in [5, 5.41) is 0. The Morgan fingerprint density at radius 3 is 2.39 bits per heavy atom. The molecule has 18 heavy (non-hydrogen) atoms. The third-order valence-electron chi connectivity index (χ3n) is 2.96. The molecule has 0 aliphatic rings. The zero-order valence-electron chi connectivity index (χ0n) is 10.8. The second-order valence-corrected chi connectivity index (χ2v) is 5.40. The molecule has 0 atom stereocenters. The summed E-state index contributed by atoms with van der Waals surface area (Å²) in [5.41, 5.74) is 10.1. The Hall–Kier alpha value is -1.48. The van der Waals surface area contributed by atoms with Crippen molar-refractivity contribution in [3.63, 3.8) is 0 Å². The first-order valence-corrected chi connectivity index (χ1v) is 6.57. The van der Waals surface area contributed by atoms with Gasteiger partial charge in [-0.2, -0.15) is 0 Å². The summed E-state index contributed by atoms with van der Waals surface area (Å²) in [5.74, 6) is 1.55. The third kappa shape index (κ3) is 2.67. The number of nitrogens with two attached hydrogens (primary N) is 1. The van der Waals surface area contributed by atoms with Crippen molar-refractivity contribution < 1.29 is 4.74 Å². The van der Waals surface area contributed by atoms with Gasteiger partial charge in [-0.1, -0.05) is 22.0 Å². The number of anilines is 1. The lowest BCUT2D eigenvalue weighted by Gasteiger charge is -2.13. The highest BCUT2D eigenvalue weighted by molar-refractivity contribution is 9.10. The van der Waals surface area contributed by atoms with E-state index in [0.29, 0.717) is 11.4 Å². The monoisotopic (exact) mass is 305 g/mol. The van der Waals surface area contributed by atoms with Crippen LogP contribution in [0.3, 0.4) is 0 Å². The van der Waals surface area contributed by atoms with Crippen LogP contribution in [-0.4, -0.2) is 0 Å². The van der Waals surface area contributed by atoms with Crippen molar-refractivity contribution in [3.05, 3.63) is 51.5 Å². The van der Waals surface area contributed by atoms with Gasteiger partial charge in [-0.05, 0) is 61.7 Å². The lowest BCUT2D eigenvalue weighted by molar-refractivity contribution is 0.480. The molecule has 2 nitrogen and oxygen atoms in total. The molecule has 3 heteroatoms. The maximum atomic E-state index is 5.94. The van der Waals surface area contributed by atoms with Crippen LogP contribution in [0.5, 0.6) is 11.5 Å². The van der Waals surface area contributed by atoms with Crippen LogP contribution in [0.4, 0.5) is 5.69 Å². The van der Waals surface area contributed by atoms with Gasteiger partial charge in [0, 0.05) is 4.47 Å². The summed E-state index contributed by atoms with van der Waals surface area (Å²) in [4.78, 5) is 0. The number of hydrogen-bond donors (Lipinski definition) is 1. The number of halogens is 1. The molecule has 0 aliphatic carbocycles. The Balaban J connectivity index is 2.40. The van der Waals surface area contributed by atoms with Crippen LogP contribution in [-0.2, 0) is 0 Å². The van der Waals surface area contributed by atoms with Crippen molar-refractivity contribution in [2.24, 2.45) is 0 Å². The SMILES string of the molecule is Cc1cc(C)c(C)c(Oc2ccc(Br)cc2N)c1. The fourth-order valence-corrected chi connectivity index (χ4v) is 2.22. The van der Waals surface area contributed by atoms with Crippen molar-refractivity contribution >= 4 is 21.6 Å². The van der Waals surface area contributed by atoms with E-state index in [9.17, 15) is 0 Å². The average Bonchev–Trinajstić information content (AvgIpc) is 2.29. The van der Waals surface area contributed by atoms with Gasteiger partial charge in [0.2, 0.25) is 0 Å². The first-order valence-electron chi connectivity index (χ1n) is 5.78. The molecule has 0 amide bonds. The van der Waals surface area contributed by atoms with Gasteiger partial charge in [0.15, 0.2) is 0 Å². The zero-order chi connectivity index (χ0) is 13.3. The van der Waals surface area contributed by atoms with Crippen LogP contribution in [0.15, 0.2) is 34.8 Å². The lowest BCUT2D eigenvalue weighted by atomic mass is 10.1. The quantitative estimate of drug-likeness (QED) is 0.813. The van der Waals surface area contributed by atoms with E-state index in [1.807, 2.05) is 24.3 Å². The minimum Gasteiger partial charge on any atom is -0.455 e. The molecule has 0 aromatic heterocycles. The van der Waals surface area contributed by atoms with E-state index in [-0.39, 0.29) is 0 Å². The van der Waals surface area contributed by atoms with Crippen LogP contribution < -0.4 is 10.5 Å². The van der Waals surface area contributed by atoms with Gasteiger partial charge >= 0.3 is 0 Å². The minimum absolute atomic E-state index is 0.628. The van der Waals surface area contributed by atoms with E-state index in [1.165, 1.54) is 11.1 Å². The van der Waals surface area contributed by atoms with Gasteiger partial charge in [0.25, 0.3) is 0 Å². The molecule has 2 rings (SSSR count). The van der Waals surface area contributed by atoms with Crippen molar-refractivity contribution in [2.75, 3.05) is 5.73 Å². The van der Waals surface area contributed by atoms with Gasteiger partial charge in [0.1, 0.15) is 11.5 Å². The van der Waals surface area contributed by atoms with Crippen molar-refractivity contribution in [1.29, 1.82) is 0 Å². The van der Waals surface area contributed by atoms with Gasteiger partial charge in [-0.25, -0.2) is 0 Å². The maximum Gasteiger partial charge on any atom is 0.150 e. The van der Waals surface area contributed by atoms with Gasteiger partial charge in [0.05, 0.1) is 5.69 Å². The minimum atomic E-state index is 0.628. The second kappa shape index (κ2) is 5.02. The normalized spacial score (nSPS) is 10.4. The largest absolute Gasteiger partial charge is 0.455 e. The lowest BCUT2D eigenvalue weighted by Crippen LogP contribution is -1.95. The standard InChI is InChI=1S/C15H16BrNO/c1-9-6-10(2)11(3)15(7-9)18-14-5-4-12(16)8-13(14)17/h4-8H,17H2,1-3H3. The van der Waals surface area contributed by atoms with E-state index < -0.39 is 0 Å². The van der Waals surface area contributed by atoms with E-state index in [0.717, 1.165) is 15.8 Å². The predicted molar refractivity (Wildman–Crippen MR) is 79.3 cm³/mol. The molecule has 0 heterocycles. The first-order chi connectivity index (χ1) is 8.47. The van der Waals surface area contributed by atoms with Crippen molar-refractivity contribution in [1.82, 2.24) is 0 Å². The molecule has 94 valence electrons. The molecule has 2 N–H and O–H groups in total. The highest BCUT2D eigenvalue weighted by atomic mass is 79.9. The molecule has 0 fully saturated rings. The Bertz CT molecular complexity index is 593. The van der Waals surface area contributed by atoms with Crippen LogP contribution in [0.25, 0.3) is 0 Å². The Labute approximate surface area is 116 Å². The zero-order valence-corrected chi connectivity index (χ0v) is 12.3. The van der Waals surface area contributed by atoms with Gasteiger partial charge < -0.3 is 10.5 Å². The van der Waals surface area contributed by atoms with Crippen LogP contribution in [0, 0.1) is 20.8 Å². The van der Waals surface area contributed by atoms with E-state index >= 15 is 0 Å². The number of benzene rings is 2. The van der Waals surface area contributed by atoms with Crippen LogP contribution in [0.1, 0.15) is 16.7 Å². The molecule has 2 aromatic rings. The highest BCUT2D eigenvalue weighted by Gasteiger charge is 2.07. The van der Waals surface area contributed by atoms with Crippen molar-refractivity contribution in [2.45, 2.75) is 20.8 Å². The van der Waals surface area contributed by atoms with Crippen LogP contribution >= 0.6 is 15.9 Å². The first kappa shape index (κ1) is 13.0. The van der Waals surface area contributed by atoms with Gasteiger partial charge in [-0.15, -0.1) is 0 Å². The molecule has 2 aromatic carbocycles. The van der Waals surface area contributed by atoms with E-state index in [4.69, 9.17) is 10.5 Å². The van der Waals surface area contributed by atoms with E-state index in [1.54, 1.807) is 0 Å². The summed E-state index contributed by atoms with van der Waals surface area (Å²) in [6.45, 7) is 6.20. The smallest absolute Gasteiger partial charge is 0.150 e.